The molecule has 8 nitrogen and oxygen atoms in total. The number of anilines is 1. The van der Waals surface area contributed by atoms with Gasteiger partial charge in [-0.2, -0.15) is 0 Å². The molecular formula is C27H30N6O2. The topological polar surface area (TPSA) is 85.2 Å². The number of fused-ring (bicyclic) bond motifs is 1. The predicted octanol–water partition coefficient (Wildman–Crippen LogP) is 4.06. The smallest absolute Gasteiger partial charge is 0.223 e. The number of amides is 1. The SMILES string of the molecule is CCOc1cccc(CNC(=O)C2CCN(c3ncnc4nn(-c5ccc(C)cc5)cc34)CC2)c1. The highest BCUT2D eigenvalue weighted by Gasteiger charge is 2.27. The van der Waals surface area contributed by atoms with Crippen molar-refractivity contribution < 1.29 is 9.53 Å². The lowest BCUT2D eigenvalue weighted by Gasteiger charge is -2.32. The van der Waals surface area contributed by atoms with E-state index in [1.807, 2.05) is 54.2 Å². The van der Waals surface area contributed by atoms with Gasteiger partial charge in [-0.05, 0) is 56.5 Å². The van der Waals surface area contributed by atoms with Crippen LogP contribution in [0.2, 0.25) is 0 Å². The van der Waals surface area contributed by atoms with Crippen LogP contribution in [0.15, 0.2) is 61.1 Å². The third-order valence-electron chi connectivity index (χ3n) is 6.44. The largest absolute Gasteiger partial charge is 0.494 e. The molecule has 35 heavy (non-hydrogen) atoms. The molecule has 2 aromatic carbocycles. The summed E-state index contributed by atoms with van der Waals surface area (Å²) in [6.07, 6.45) is 5.12. The third kappa shape index (κ3) is 5.11. The molecule has 1 saturated heterocycles. The number of carbonyl (C=O) groups excluding carboxylic acids is 1. The number of piperidine rings is 1. The first-order chi connectivity index (χ1) is 17.1. The van der Waals surface area contributed by atoms with Crippen LogP contribution < -0.4 is 15.0 Å². The Bertz CT molecular complexity index is 1310. The van der Waals surface area contributed by atoms with Crippen molar-refractivity contribution in [2.75, 3.05) is 24.6 Å². The lowest BCUT2D eigenvalue weighted by atomic mass is 9.95. The summed E-state index contributed by atoms with van der Waals surface area (Å²) in [7, 11) is 0. The second-order valence-corrected chi connectivity index (χ2v) is 8.90. The van der Waals surface area contributed by atoms with Crippen molar-refractivity contribution in [3.63, 3.8) is 0 Å². The van der Waals surface area contributed by atoms with Gasteiger partial charge in [0.25, 0.3) is 0 Å². The summed E-state index contributed by atoms with van der Waals surface area (Å²) in [5.41, 5.74) is 3.90. The van der Waals surface area contributed by atoms with Crippen LogP contribution in [0.3, 0.4) is 0 Å². The quantitative estimate of drug-likeness (QED) is 0.439. The van der Waals surface area contributed by atoms with Crippen LogP contribution in [-0.4, -0.2) is 45.4 Å². The Kier molecular flexibility index (Phi) is 6.61. The van der Waals surface area contributed by atoms with Crippen LogP contribution in [0.4, 0.5) is 5.82 Å². The van der Waals surface area contributed by atoms with E-state index in [1.165, 1.54) is 5.56 Å². The van der Waals surface area contributed by atoms with Crippen LogP contribution in [0.5, 0.6) is 5.75 Å². The first-order valence-corrected chi connectivity index (χ1v) is 12.1. The molecule has 1 aliphatic rings. The van der Waals surface area contributed by atoms with Crippen molar-refractivity contribution in [1.82, 2.24) is 25.1 Å². The maximum absolute atomic E-state index is 12.8. The molecule has 0 saturated carbocycles. The van der Waals surface area contributed by atoms with E-state index >= 15 is 0 Å². The van der Waals surface area contributed by atoms with Crippen molar-refractivity contribution in [3.8, 4) is 11.4 Å². The van der Waals surface area contributed by atoms with Gasteiger partial charge in [0.1, 0.15) is 17.9 Å². The standard InChI is InChI=1S/C27H30N6O2/c1-3-35-23-6-4-5-20(15-23)16-28-27(34)21-11-13-32(14-12-21)26-24-17-33(31-25(24)29-18-30-26)22-9-7-19(2)8-10-22/h4-10,15,17-18,21H,3,11-14,16H2,1-2H3,(H,28,34). The maximum atomic E-state index is 12.8. The van der Waals surface area contributed by atoms with Gasteiger partial charge in [-0.1, -0.05) is 29.8 Å². The lowest BCUT2D eigenvalue weighted by molar-refractivity contribution is -0.125. The average Bonchev–Trinajstić information content (AvgIpc) is 3.33. The number of ether oxygens (including phenoxy) is 1. The minimum atomic E-state index is -0.00562. The molecular weight excluding hydrogens is 440 g/mol. The van der Waals surface area contributed by atoms with Gasteiger partial charge in [0.15, 0.2) is 5.65 Å². The van der Waals surface area contributed by atoms with Crippen molar-refractivity contribution in [2.24, 2.45) is 5.92 Å². The van der Waals surface area contributed by atoms with E-state index < -0.39 is 0 Å². The van der Waals surface area contributed by atoms with Gasteiger partial charge in [0, 0.05) is 31.7 Å². The zero-order valence-corrected chi connectivity index (χ0v) is 20.1. The molecule has 4 aromatic rings. The summed E-state index contributed by atoms with van der Waals surface area (Å²) in [4.78, 5) is 24.0. The number of aromatic nitrogens is 4. The van der Waals surface area contributed by atoms with Crippen molar-refractivity contribution in [2.45, 2.75) is 33.2 Å². The molecule has 1 amide bonds. The number of hydrogen-bond acceptors (Lipinski definition) is 6. The predicted molar refractivity (Wildman–Crippen MR) is 136 cm³/mol. The molecule has 0 spiro atoms. The van der Waals surface area contributed by atoms with Crippen molar-refractivity contribution >= 4 is 22.8 Å². The van der Waals surface area contributed by atoms with Crippen LogP contribution in [0.25, 0.3) is 16.7 Å². The monoisotopic (exact) mass is 470 g/mol. The normalized spacial score (nSPS) is 14.3. The van der Waals surface area contributed by atoms with Crippen LogP contribution in [0, 0.1) is 12.8 Å². The molecule has 0 aliphatic carbocycles. The second kappa shape index (κ2) is 10.1. The van der Waals surface area contributed by atoms with Crippen LogP contribution in [0.1, 0.15) is 30.9 Å². The summed E-state index contributed by atoms with van der Waals surface area (Å²) in [6, 6.07) is 16.1. The molecule has 1 fully saturated rings. The third-order valence-corrected chi connectivity index (χ3v) is 6.44. The Labute approximate surface area is 205 Å². The zero-order chi connectivity index (χ0) is 24.2. The van der Waals surface area contributed by atoms with Crippen LogP contribution >= 0.6 is 0 Å². The molecule has 0 radical (unpaired) electrons. The molecule has 0 atom stereocenters. The fraction of sp³-hybridized carbons (Fsp3) is 0.333. The maximum Gasteiger partial charge on any atom is 0.223 e. The fourth-order valence-corrected chi connectivity index (χ4v) is 4.51. The fourth-order valence-electron chi connectivity index (χ4n) is 4.51. The molecule has 3 heterocycles. The van der Waals surface area contributed by atoms with Crippen LogP contribution in [-0.2, 0) is 11.3 Å². The Balaban J connectivity index is 1.22. The van der Waals surface area contributed by atoms with E-state index in [0.29, 0.717) is 18.8 Å². The van der Waals surface area contributed by atoms with E-state index in [2.05, 4.69) is 44.3 Å². The van der Waals surface area contributed by atoms with Gasteiger partial charge in [-0.3, -0.25) is 4.79 Å². The van der Waals surface area contributed by atoms with Gasteiger partial charge in [-0.25, -0.2) is 14.6 Å². The highest BCUT2D eigenvalue weighted by atomic mass is 16.5. The Morgan fingerprint density at radius 3 is 2.69 bits per heavy atom. The van der Waals surface area contributed by atoms with Gasteiger partial charge in [-0.15, -0.1) is 5.10 Å². The highest BCUT2D eigenvalue weighted by molar-refractivity contribution is 5.87. The van der Waals surface area contributed by atoms with E-state index in [0.717, 1.165) is 54.1 Å². The van der Waals surface area contributed by atoms with Crippen molar-refractivity contribution in [1.29, 1.82) is 0 Å². The molecule has 180 valence electrons. The van der Waals surface area contributed by atoms with Gasteiger partial charge in [0.05, 0.1) is 17.7 Å². The first kappa shape index (κ1) is 22.8. The summed E-state index contributed by atoms with van der Waals surface area (Å²) >= 11 is 0. The molecule has 5 rings (SSSR count). The summed E-state index contributed by atoms with van der Waals surface area (Å²) in [5.74, 6) is 1.80. The number of aryl methyl sites for hydroxylation is 1. The molecule has 1 N–H and O–H groups in total. The molecule has 2 aromatic heterocycles. The van der Waals surface area contributed by atoms with Gasteiger partial charge in [0.2, 0.25) is 5.91 Å². The number of hydrogen-bond donors (Lipinski definition) is 1. The molecule has 1 aliphatic heterocycles. The summed E-state index contributed by atoms with van der Waals surface area (Å²) in [6.45, 7) is 6.68. The van der Waals surface area contributed by atoms with E-state index in [-0.39, 0.29) is 11.8 Å². The second-order valence-electron chi connectivity index (χ2n) is 8.90. The lowest BCUT2D eigenvalue weighted by Crippen LogP contribution is -2.40. The van der Waals surface area contributed by atoms with Gasteiger partial charge >= 0.3 is 0 Å². The average molecular weight is 471 g/mol. The summed E-state index contributed by atoms with van der Waals surface area (Å²) in [5, 5.41) is 8.67. The number of rotatable bonds is 7. The number of benzene rings is 2. The Morgan fingerprint density at radius 1 is 1.11 bits per heavy atom. The number of carbonyl (C=O) groups is 1. The zero-order valence-electron chi connectivity index (χ0n) is 20.1. The molecule has 8 heteroatoms. The van der Waals surface area contributed by atoms with E-state index in [4.69, 9.17) is 4.74 Å². The minimum Gasteiger partial charge on any atom is -0.494 e. The Hall–Kier alpha value is -3.94. The number of nitrogens with zero attached hydrogens (tertiary/aromatic N) is 5. The minimum absolute atomic E-state index is 0.00562. The van der Waals surface area contributed by atoms with Crippen molar-refractivity contribution in [3.05, 3.63) is 72.2 Å². The molecule has 0 bridgehead atoms. The number of nitrogens with one attached hydrogen (secondary N) is 1. The molecule has 0 unspecified atom stereocenters. The highest BCUT2D eigenvalue weighted by Crippen LogP contribution is 2.28. The summed E-state index contributed by atoms with van der Waals surface area (Å²) < 4.78 is 7.40. The first-order valence-electron chi connectivity index (χ1n) is 12.1. The van der Waals surface area contributed by atoms with E-state index in [9.17, 15) is 4.79 Å². The Morgan fingerprint density at radius 2 is 1.91 bits per heavy atom. The van der Waals surface area contributed by atoms with E-state index in [1.54, 1.807) is 6.33 Å². The van der Waals surface area contributed by atoms with Gasteiger partial charge < -0.3 is 15.0 Å².